The molecule has 0 atom stereocenters. The van der Waals surface area contributed by atoms with Crippen molar-refractivity contribution in [1.29, 1.82) is 0 Å². The molecule has 9 nitrogen and oxygen atoms in total. The van der Waals surface area contributed by atoms with Crippen LogP contribution in [0.1, 0.15) is 63.2 Å². The number of benzene rings is 2. The first-order chi connectivity index (χ1) is 18.5. The largest absolute Gasteiger partial charge is 0.495 e. The Morgan fingerprint density at radius 2 is 1.79 bits per heavy atom. The molecule has 0 radical (unpaired) electrons. The van der Waals surface area contributed by atoms with E-state index in [0.717, 1.165) is 37.1 Å². The second kappa shape index (κ2) is 11.6. The number of methoxy groups -OCH3 is 1. The standard InChI is InChI=1S/C29H42N4O5S/c1-7-38-23-14-15-24-25(18-23)32(22-11-9-8-10-12-22)20-33(24)39(35,36)27-16-13-21(17-26(27)37-6)28(34)30-29(2,3)19-31(4)5/h13-18,22H,7-12,19-20H2,1-6H3,(H,30,34). The summed E-state index contributed by atoms with van der Waals surface area (Å²) in [7, 11) is 1.31. The van der Waals surface area contributed by atoms with Crippen molar-refractivity contribution >= 4 is 27.3 Å². The molecule has 1 amide bonds. The van der Waals surface area contributed by atoms with Crippen molar-refractivity contribution in [3.05, 3.63) is 42.0 Å². The number of hydrogen-bond donors (Lipinski definition) is 1. The van der Waals surface area contributed by atoms with Crippen molar-refractivity contribution in [2.24, 2.45) is 0 Å². The molecule has 2 aromatic rings. The lowest BCUT2D eigenvalue weighted by atomic mass is 9.94. The number of anilines is 2. The van der Waals surface area contributed by atoms with Crippen LogP contribution >= 0.6 is 0 Å². The fourth-order valence-electron chi connectivity index (χ4n) is 5.75. The van der Waals surface area contributed by atoms with Gasteiger partial charge in [0, 0.05) is 29.8 Å². The Labute approximate surface area is 233 Å². The van der Waals surface area contributed by atoms with Crippen LogP contribution in [0.5, 0.6) is 11.5 Å². The van der Waals surface area contributed by atoms with Crippen LogP contribution in [0.2, 0.25) is 0 Å². The summed E-state index contributed by atoms with van der Waals surface area (Å²) in [6.45, 7) is 7.23. The van der Waals surface area contributed by atoms with Gasteiger partial charge in [-0.1, -0.05) is 19.3 Å². The molecule has 0 unspecified atom stereocenters. The summed E-state index contributed by atoms with van der Waals surface area (Å²) in [6, 6.07) is 10.4. The SMILES string of the molecule is CCOc1ccc2c(c1)N(C1CCCCC1)CN2S(=O)(=O)c1ccc(C(=O)NC(C)(C)CN(C)C)cc1OC. The lowest BCUT2D eigenvalue weighted by molar-refractivity contribution is 0.0899. The third kappa shape index (κ3) is 6.27. The van der Waals surface area contributed by atoms with Crippen molar-refractivity contribution in [2.45, 2.75) is 69.4 Å². The fraction of sp³-hybridized carbons (Fsp3) is 0.552. The van der Waals surface area contributed by atoms with Gasteiger partial charge in [-0.2, -0.15) is 0 Å². The van der Waals surface area contributed by atoms with Gasteiger partial charge in [0.05, 0.1) is 25.1 Å². The first-order valence-electron chi connectivity index (χ1n) is 13.7. The molecule has 2 aromatic carbocycles. The summed E-state index contributed by atoms with van der Waals surface area (Å²) in [6.07, 6.45) is 5.54. The molecular formula is C29H42N4O5S. The Balaban J connectivity index is 1.67. The number of carbonyl (C=O) groups excluding carboxylic acids is 1. The fourth-order valence-corrected chi connectivity index (χ4v) is 7.32. The number of nitrogens with zero attached hydrogens (tertiary/aromatic N) is 3. The summed E-state index contributed by atoms with van der Waals surface area (Å²) in [5.74, 6) is 0.570. The number of fused-ring (bicyclic) bond motifs is 1. The Morgan fingerprint density at radius 3 is 2.44 bits per heavy atom. The van der Waals surface area contributed by atoms with Crippen LogP contribution in [0.4, 0.5) is 11.4 Å². The van der Waals surface area contributed by atoms with Crippen LogP contribution in [0.3, 0.4) is 0 Å². The van der Waals surface area contributed by atoms with Gasteiger partial charge in [0.15, 0.2) is 0 Å². The van der Waals surface area contributed by atoms with Crippen LogP contribution in [-0.4, -0.2) is 71.8 Å². The quantitative estimate of drug-likeness (QED) is 0.460. The molecule has 0 spiro atoms. The molecule has 39 heavy (non-hydrogen) atoms. The highest BCUT2D eigenvalue weighted by Gasteiger charge is 2.39. The van der Waals surface area contributed by atoms with E-state index in [9.17, 15) is 13.2 Å². The van der Waals surface area contributed by atoms with E-state index in [1.165, 1.54) is 30.0 Å². The maximum atomic E-state index is 14.1. The monoisotopic (exact) mass is 558 g/mol. The van der Waals surface area contributed by atoms with Crippen LogP contribution in [0.25, 0.3) is 0 Å². The minimum atomic E-state index is -4.00. The van der Waals surface area contributed by atoms with E-state index in [1.54, 1.807) is 6.07 Å². The predicted octanol–water partition coefficient (Wildman–Crippen LogP) is 4.47. The summed E-state index contributed by atoms with van der Waals surface area (Å²) in [5, 5.41) is 3.02. The van der Waals surface area contributed by atoms with Crippen molar-refractivity contribution in [2.75, 3.05) is 50.2 Å². The molecule has 1 saturated carbocycles. The highest BCUT2D eigenvalue weighted by molar-refractivity contribution is 7.93. The van der Waals surface area contributed by atoms with E-state index >= 15 is 0 Å². The molecule has 10 heteroatoms. The molecule has 1 aliphatic carbocycles. The zero-order chi connectivity index (χ0) is 28.4. The van der Waals surface area contributed by atoms with Crippen molar-refractivity contribution in [1.82, 2.24) is 10.2 Å². The molecule has 0 bridgehead atoms. The maximum Gasteiger partial charge on any atom is 0.269 e. The number of amides is 1. The van der Waals surface area contributed by atoms with Gasteiger partial charge in [-0.05, 0) is 78.0 Å². The normalized spacial score (nSPS) is 16.4. The van der Waals surface area contributed by atoms with Gasteiger partial charge in [0.2, 0.25) is 0 Å². The van der Waals surface area contributed by atoms with Crippen LogP contribution in [-0.2, 0) is 10.0 Å². The molecule has 1 fully saturated rings. The van der Waals surface area contributed by atoms with Gasteiger partial charge in [-0.15, -0.1) is 0 Å². The molecule has 1 N–H and O–H groups in total. The molecular weight excluding hydrogens is 516 g/mol. The predicted molar refractivity (Wildman–Crippen MR) is 155 cm³/mol. The van der Waals surface area contributed by atoms with E-state index < -0.39 is 15.6 Å². The number of nitrogens with one attached hydrogen (secondary N) is 1. The number of rotatable bonds is 10. The highest BCUT2D eigenvalue weighted by atomic mass is 32.2. The van der Waals surface area contributed by atoms with Crippen molar-refractivity contribution in [3.8, 4) is 11.5 Å². The Morgan fingerprint density at radius 1 is 1.08 bits per heavy atom. The number of ether oxygens (including phenoxy) is 2. The summed E-state index contributed by atoms with van der Waals surface area (Å²) in [5.41, 5.74) is 1.36. The lowest BCUT2D eigenvalue weighted by Crippen LogP contribution is -2.50. The van der Waals surface area contributed by atoms with E-state index in [0.29, 0.717) is 24.4 Å². The zero-order valence-electron chi connectivity index (χ0n) is 24.0. The third-order valence-corrected chi connectivity index (χ3v) is 9.08. The highest BCUT2D eigenvalue weighted by Crippen LogP contribution is 2.45. The Bertz CT molecular complexity index is 1290. The number of carbonyl (C=O) groups is 1. The number of hydrogen-bond acceptors (Lipinski definition) is 7. The molecule has 1 aliphatic heterocycles. The second-order valence-corrected chi connectivity index (χ2v) is 13.1. The first kappa shape index (κ1) is 29.0. The van der Waals surface area contributed by atoms with Crippen LogP contribution in [0, 0.1) is 0 Å². The zero-order valence-corrected chi connectivity index (χ0v) is 24.8. The Kier molecular flexibility index (Phi) is 8.66. The van der Waals surface area contributed by atoms with E-state index in [1.807, 2.05) is 58.0 Å². The average molecular weight is 559 g/mol. The minimum Gasteiger partial charge on any atom is -0.495 e. The maximum absolute atomic E-state index is 14.1. The van der Waals surface area contributed by atoms with Gasteiger partial charge in [-0.25, -0.2) is 12.7 Å². The average Bonchev–Trinajstić information content (AvgIpc) is 3.27. The molecule has 2 aliphatic rings. The molecule has 0 aromatic heterocycles. The summed E-state index contributed by atoms with van der Waals surface area (Å²) >= 11 is 0. The van der Waals surface area contributed by atoms with E-state index in [-0.39, 0.29) is 29.3 Å². The Hall–Kier alpha value is -2.98. The topological polar surface area (TPSA) is 91.4 Å². The minimum absolute atomic E-state index is 0.0273. The van der Waals surface area contributed by atoms with Gasteiger partial charge in [0.1, 0.15) is 23.1 Å². The van der Waals surface area contributed by atoms with Crippen LogP contribution in [0.15, 0.2) is 41.3 Å². The summed E-state index contributed by atoms with van der Waals surface area (Å²) < 4.78 is 41.0. The molecule has 0 saturated heterocycles. The van der Waals surface area contributed by atoms with Gasteiger partial charge >= 0.3 is 0 Å². The lowest BCUT2D eigenvalue weighted by Gasteiger charge is -2.33. The number of sulfonamides is 1. The van der Waals surface area contributed by atoms with Crippen molar-refractivity contribution in [3.63, 3.8) is 0 Å². The van der Waals surface area contributed by atoms with E-state index in [2.05, 4.69) is 10.2 Å². The van der Waals surface area contributed by atoms with Gasteiger partial charge in [-0.3, -0.25) is 4.79 Å². The smallest absolute Gasteiger partial charge is 0.269 e. The van der Waals surface area contributed by atoms with Crippen molar-refractivity contribution < 1.29 is 22.7 Å². The molecule has 1 heterocycles. The van der Waals surface area contributed by atoms with Crippen LogP contribution < -0.4 is 24.0 Å². The molecule has 4 rings (SSSR count). The number of likely N-dealkylation sites (N-methyl/N-ethyl adjacent to an activating group) is 1. The van der Waals surface area contributed by atoms with Gasteiger partial charge < -0.3 is 24.6 Å². The molecule has 214 valence electrons. The second-order valence-electron chi connectivity index (χ2n) is 11.3. The van der Waals surface area contributed by atoms with E-state index in [4.69, 9.17) is 9.47 Å². The third-order valence-electron chi connectivity index (χ3n) is 7.29. The van der Waals surface area contributed by atoms with Gasteiger partial charge in [0.25, 0.3) is 15.9 Å². The first-order valence-corrected chi connectivity index (χ1v) is 15.1. The summed E-state index contributed by atoms with van der Waals surface area (Å²) in [4.78, 5) is 17.3.